The molecule has 0 spiro atoms. The lowest BCUT2D eigenvalue weighted by Gasteiger charge is -2.45. The molecule has 1 fully saturated rings. The van der Waals surface area contributed by atoms with E-state index in [0.717, 1.165) is 0 Å². The van der Waals surface area contributed by atoms with Gasteiger partial charge in [0.05, 0.1) is 6.33 Å². The first kappa shape index (κ1) is 31.3. The molecular weight excluding hydrogens is 545 g/mol. The third kappa shape index (κ3) is 6.23. The monoisotopic (exact) mass is 589 g/mol. The number of nitrogen functional groups attached to an aromatic ring is 1. The molecule has 0 amide bonds. The van der Waals surface area contributed by atoms with Gasteiger partial charge in [-0.3, -0.25) is 9.13 Å². The highest BCUT2D eigenvalue weighted by Gasteiger charge is 2.60. The second kappa shape index (κ2) is 10.00. The van der Waals surface area contributed by atoms with Gasteiger partial charge in [-0.05, 0) is 43.2 Å². The van der Waals surface area contributed by atoms with Crippen LogP contribution in [-0.2, 0) is 22.9 Å². The number of hydrogen-bond donors (Lipinski definition) is 3. The van der Waals surface area contributed by atoms with Gasteiger partial charge in [-0.2, -0.15) is 0 Å². The predicted molar refractivity (Wildman–Crippen MR) is 150 cm³/mol. The van der Waals surface area contributed by atoms with E-state index in [1.54, 1.807) is 17.8 Å². The van der Waals surface area contributed by atoms with Crippen molar-refractivity contribution >= 4 is 41.2 Å². The quantitative estimate of drug-likeness (QED) is 0.291. The summed E-state index contributed by atoms with van der Waals surface area (Å²) in [5, 5.41) is -0.311. The molecule has 1 aliphatic rings. The molecule has 0 saturated carbocycles. The molecule has 0 radical (unpaired) electrons. The van der Waals surface area contributed by atoms with Gasteiger partial charge in [-0.1, -0.05) is 41.5 Å². The van der Waals surface area contributed by atoms with Crippen LogP contribution >= 0.6 is 7.60 Å². The van der Waals surface area contributed by atoms with Crippen molar-refractivity contribution in [3.63, 3.8) is 0 Å². The third-order valence-corrected chi connectivity index (χ3v) is 17.5. The van der Waals surface area contributed by atoms with Crippen LogP contribution < -0.4 is 5.73 Å². The van der Waals surface area contributed by atoms with Gasteiger partial charge >= 0.3 is 7.60 Å². The minimum atomic E-state index is -4.52. The lowest BCUT2D eigenvalue weighted by Crippen LogP contribution is -2.56. The maximum Gasteiger partial charge on any atom is 0.351 e. The zero-order valence-corrected chi connectivity index (χ0v) is 27.2. The van der Waals surface area contributed by atoms with Gasteiger partial charge in [-0.25, -0.2) is 15.0 Å². The highest BCUT2D eigenvalue weighted by molar-refractivity contribution is 7.51. The number of hydrogen-bond acceptors (Lipinski definition) is 9. The summed E-state index contributed by atoms with van der Waals surface area (Å²) in [7, 11) is -9.41. The molecule has 2 aromatic heterocycles. The summed E-state index contributed by atoms with van der Waals surface area (Å²) in [4.78, 5) is 32.1. The van der Waals surface area contributed by atoms with Crippen LogP contribution in [-0.4, -0.2) is 70.3 Å². The van der Waals surface area contributed by atoms with Gasteiger partial charge in [0.1, 0.15) is 24.1 Å². The maximum absolute atomic E-state index is 11.9. The van der Waals surface area contributed by atoms with Crippen molar-refractivity contribution in [1.29, 1.82) is 0 Å². The van der Waals surface area contributed by atoms with Crippen molar-refractivity contribution in [2.45, 2.75) is 109 Å². The first-order chi connectivity index (χ1) is 17.0. The average molecular weight is 590 g/mol. The number of fused-ring (bicyclic) bond motifs is 1. The molecule has 3 rings (SSSR count). The average Bonchev–Trinajstić information content (AvgIpc) is 3.26. The van der Waals surface area contributed by atoms with Crippen LogP contribution in [0.1, 0.15) is 54.7 Å². The normalized spacial score (nSPS) is 25.9. The molecule has 15 heteroatoms. The number of ether oxygens (including phenoxy) is 2. The molecule has 1 saturated heterocycles. The molecule has 12 nitrogen and oxygen atoms in total. The smallest absolute Gasteiger partial charge is 0.351 e. The Labute approximate surface area is 227 Å². The van der Waals surface area contributed by atoms with Crippen LogP contribution in [0.4, 0.5) is 5.82 Å². The Morgan fingerprint density at radius 2 is 1.61 bits per heavy atom. The second-order valence-corrected chi connectivity index (χ2v) is 24.3. The molecule has 0 aliphatic carbocycles. The summed E-state index contributed by atoms with van der Waals surface area (Å²) >= 11 is 0. The van der Waals surface area contributed by atoms with Gasteiger partial charge in [0.25, 0.3) is 0 Å². The molecule has 3 heterocycles. The molecule has 4 N–H and O–H groups in total. The molecule has 2 aromatic rings. The van der Waals surface area contributed by atoms with E-state index in [-0.39, 0.29) is 15.9 Å². The van der Waals surface area contributed by atoms with Crippen molar-refractivity contribution in [2.75, 3.05) is 12.1 Å². The highest BCUT2D eigenvalue weighted by Crippen LogP contribution is 2.50. The van der Waals surface area contributed by atoms with Crippen molar-refractivity contribution in [1.82, 2.24) is 19.5 Å². The van der Waals surface area contributed by atoms with Gasteiger partial charge in [-0.15, -0.1) is 0 Å². The molecule has 0 unspecified atom stereocenters. The van der Waals surface area contributed by atoms with Crippen molar-refractivity contribution in [3.8, 4) is 0 Å². The fourth-order valence-corrected chi connectivity index (χ4v) is 6.76. The predicted octanol–water partition coefficient (Wildman–Crippen LogP) is 4.59. The number of imidazole rings is 1. The molecule has 0 bridgehead atoms. The van der Waals surface area contributed by atoms with Crippen LogP contribution in [0.15, 0.2) is 12.7 Å². The number of rotatable bonds is 8. The Morgan fingerprint density at radius 1 is 1.05 bits per heavy atom. The Kier molecular flexibility index (Phi) is 8.24. The van der Waals surface area contributed by atoms with Crippen LogP contribution in [0, 0.1) is 0 Å². The summed E-state index contributed by atoms with van der Waals surface area (Å²) in [6, 6.07) is 0. The lowest BCUT2D eigenvalue weighted by atomic mass is 10.1. The topological polar surface area (TPSA) is 164 Å². The maximum atomic E-state index is 11.9. The molecular formula is C23H44N5O7PSi2. The van der Waals surface area contributed by atoms with E-state index < -0.39 is 54.8 Å². The number of aromatic nitrogens is 4. The first-order valence-corrected chi connectivity index (χ1v) is 20.3. The summed E-state index contributed by atoms with van der Waals surface area (Å²) < 4.78 is 39.9. The Bertz CT molecular complexity index is 1210. The van der Waals surface area contributed by atoms with Gasteiger partial charge in [0.2, 0.25) is 0 Å². The van der Waals surface area contributed by atoms with Gasteiger partial charge in [0.15, 0.2) is 46.5 Å². The van der Waals surface area contributed by atoms with Gasteiger partial charge < -0.3 is 33.8 Å². The fraction of sp³-hybridized carbons (Fsp3) is 0.783. The minimum absolute atomic E-state index is 0.144. The largest absolute Gasteiger partial charge is 0.406 e. The zero-order chi connectivity index (χ0) is 29.1. The lowest BCUT2D eigenvalue weighted by molar-refractivity contribution is -0.245. The number of anilines is 1. The summed E-state index contributed by atoms with van der Waals surface area (Å²) in [6.07, 6.45) is -0.284. The van der Waals surface area contributed by atoms with Crippen LogP contribution in [0.25, 0.3) is 11.2 Å². The molecule has 1 aliphatic heterocycles. The molecule has 216 valence electrons. The molecule has 4 atom stereocenters. The van der Waals surface area contributed by atoms with Crippen molar-refractivity contribution in [2.24, 2.45) is 0 Å². The fourth-order valence-electron chi connectivity index (χ4n) is 3.73. The van der Waals surface area contributed by atoms with Crippen molar-refractivity contribution in [3.05, 3.63) is 12.7 Å². The number of nitrogens with two attached hydrogens (primary N) is 1. The minimum Gasteiger partial charge on any atom is -0.406 e. The molecule has 0 aromatic carbocycles. The first-order valence-electron chi connectivity index (χ1n) is 12.6. The SMILES string of the molecule is CC(C)(C)[Si](C)(C)O[C@H]1[C@H](n2cnc3c(N)ncnc32)O[C@](C)(OCP(=O)(O)O)[C@@H]1O[Si](C)(C)C(C)(C)C. The second-order valence-electron chi connectivity index (χ2n) is 13.2. The van der Waals surface area contributed by atoms with Crippen molar-refractivity contribution < 1.29 is 32.7 Å². The van der Waals surface area contributed by atoms with E-state index in [1.807, 2.05) is 0 Å². The third-order valence-electron chi connectivity index (χ3n) is 8.10. The Balaban J connectivity index is 2.21. The van der Waals surface area contributed by atoms with E-state index in [4.69, 9.17) is 24.1 Å². The highest BCUT2D eigenvalue weighted by atomic mass is 31.2. The van der Waals surface area contributed by atoms with Gasteiger partial charge in [0, 0.05) is 0 Å². The van der Waals surface area contributed by atoms with Crippen LogP contribution in [0.2, 0.25) is 36.3 Å². The Hall–Kier alpha value is -1.23. The van der Waals surface area contributed by atoms with E-state index in [1.165, 1.54) is 6.33 Å². The van der Waals surface area contributed by atoms with E-state index >= 15 is 0 Å². The Morgan fingerprint density at radius 3 is 2.13 bits per heavy atom. The number of nitrogens with zero attached hydrogens (tertiary/aromatic N) is 4. The van der Waals surface area contributed by atoms with E-state index in [0.29, 0.717) is 11.2 Å². The summed E-state index contributed by atoms with van der Waals surface area (Å²) in [5.74, 6) is -1.33. The molecule has 38 heavy (non-hydrogen) atoms. The summed E-state index contributed by atoms with van der Waals surface area (Å²) in [5.41, 5.74) is 6.90. The summed E-state index contributed by atoms with van der Waals surface area (Å²) in [6.45, 7) is 22.9. The van der Waals surface area contributed by atoms with E-state index in [2.05, 4.69) is 82.7 Å². The van der Waals surface area contributed by atoms with Crippen LogP contribution in [0.5, 0.6) is 0 Å². The standard InChI is InChI=1S/C23H44N5O7PSi2/c1-21(2,3)37(8,9)34-16-17(35-38(10,11)22(4,5)6)23(7,32-14-36(29,30)31)33-20(16)28-13-27-15-18(24)25-12-26-19(15)28/h12-13,16-17,20H,14H2,1-11H3,(H2,24,25,26)(H2,29,30,31)/t16-,17-,20-,23+/m1/s1. The zero-order valence-electron chi connectivity index (χ0n) is 24.3. The van der Waals surface area contributed by atoms with Crippen LogP contribution in [0.3, 0.4) is 0 Å². The van der Waals surface area contributed by atoms with E-state index in [9.17, 15) is 14.4 Å².